The van der Waals surface area contributed by atoms with Crippen molar-refractivity contribution in [2.75, 3.05) is 25.0 Å². The standard InChI is InChI=1S/C12H20N6O/c1-4-17(5-2)8-9(3)13-10-6-7-11-14-15-12(19)18(11)16-10/h6-7,9H,4-5,8H2,1-3H3,(H,13,16)(H,15,19). The zero-order valence-electron chi connectivity index (χ0n) is 11.6. The third kappa shape index (κ3) is 3.11. The van der Waals surface area contributed by atoms with Gasteiger partial charge in [-0.25, -0.2) is 9.89 Å². The van der Waals surface area contributed by atoms with Gasteiger partial charge in [0.05, 0.1) is 0 Å². The van der Waals surface area contributed by atoms with Crippen molar-refractivity contribution >= 4 is 11.5 Å². The second-order valence-electron chi connectivity index (χ2n) is 4.55. The normalized spacial score (nSPS) is 13.1. The number of aromatic nitrogens is 4. The van der Waals surface area contributed by atoms with E-state index in [1.165, 1.54) is 4.52 Å². The summed E-state index contributed by atoms with van der Waals surface area (Å²) in [6.45, 7) is 9.37. The number of anilines is 1. The summed E-state index contributed by atoms with van der Waals surface area (Å²) in [4.78, 5) is 13.8. The maximum absolute atomic E-state index is 11.4. The zero-order valence-corrected chi connectivity index (χ0v) is 11.6. The van der Waals surface area contributed by atoms with Gasteiger partial charge in [0.15, 0.2) is 5.65 Å². The van der Waals surface area contributed by atoms with E-state index in [1.807, 2.05) is 6.07 Å². The zero-order chi connectivity index (χ0) is 13.8. The van der Waals surface area contributed by atoms with Gasteiger partial charge in [0, 0.05) is 12.6 Å². The molecule has 104 valence electrons. The van der Waals surface area contributed by atoms with Crippen LogP contribution in [0.4, 0.5) is 5.82 Å². The minimum Gasteiger partial charge on any atom is -0.365 e. The van der Waals surface area contributed by atoms with Crippen LogP contribution < -0.4 is 11.0 Å². The lowest BCUT2D eigenvalue weighted by Gasteiger charge is -2.23. The fourth-order valence-electron chi connectivity index (χ4n) is 2.05. The highest BCUT2D eigenvalue weighted by Gasteiger charge is 2.09. The Bertz CT molecular complexity index is 585. The van der Waals surface area contributed by atoms with E-state index in [9.17, 15) is 4.79 Å². The molecule has 2 rings (SSSR count). The average Bonchev–Trinajstić information content (AvgIpc) is 2.77. The van der Waals surface area contributed by atoms with Crippen molar-refractivity contribution in [1.29, 1.82) is 0 Å². The van der Waals surface area contributed by atoms with Gasteiger partial charge < -0.3 is 10.2 Å². The molecular formula is C12H20N6O. The number of nitrogens with one attached hydrogen (secondary N) is 2. The van der Waals surface area contributed by atoms with Crippen LogP contribution in [0.5, 0.6) is 0 Å². The van der Waals surface area contributed by atoms with Crippen molar-refractivity contribution in [3.63, 3.8) is 0 Å². The summed E-state index contributed by atoms with van der Waals surface area (Å²) in [5.41, 5.74) is 0.196. The second-order valence-corrected chi connectivity index (χ2v) is 4.55. The summed E-state index contributed by atoms with van der Waals surface area (Å²) >= 11 is 0. The van der Waals surface area contributed by atoms with Gasteiger partial charge in [-0.2, -0.15) is 9.61 Å². The molecule has 0 saturated carbocycles. The number of H-pyrrole nitrogens is 1. The Hall–Kier alpha value is -1.89. The van der Waals surface area contributed by atoms with Crippen molar-refractivity contribution < 1.29 is 0 Å². The molecule has 7 nitrogen and oxygen atoms in total. The summed E-state index contributed by atoms with van der Waals surface area (Å²) in [5.74, 6) is 0.677. The van der Waals surface area contributed by atoms with Crippen LogP contribution in [0, 0.1) is 0 Å². The minimum absolute atomic E-state index is 0.257. The van der Waals surface area contributed by atoms with Crippen LogP contribution in [0.1, 0.15) is 20.8 Å². The summed E-state index contributed by atoms with van der Waals surface area (Å²) in [6, 6.07) is 3.85. The molecule has 0 bridgehead atoms. The number of fused-ring (bicyclic) bond motifs is 1. The molecule has 1 unspecified atom stereocenters. The van der Waals surface area contributed by atoms with Crippen LogP contribution in [0.15, 0.2) is 16.9 Å². The smallest absolute Gasteiger partial charge is 0.364 e. The molecule has 2 aromatic rings. The fraction of sp³-hybridized carbons (Fsp3) is 0.583. The minimum atomic E-state index is -0.324. The Balaban J connectivity index is 2.08. The molecular weight excluding hydrogens is 244 g/mol. The number of hydrogen-bond donors (Lipinski definition) is 2. The molecule has 0 aliphatic heterocycles. The van der Waals surface area contributed by atoms with Crippen LogP contribution in [0.3, 0.4) is 0 Å². The highest BCUT2D eigenvalue weighted by Crippen LogP contribution is 2.05. The van der Waals surface area contributed by atoms with Gasteiger partial charge >= 0.3 is 5.69 Å². The first-order chi connectivity index (χ1) is 9.13. The van der Waals surface area contributed by atoms with E-state index in [0.717, 1.165) is 19.6 Å². The predicted octanol–water partition coefficient (Wildman–Crippen LogP) is 0.560. The van der Waals surface area contributed by atoms with E-state index in [0.29, 0.717) is 11.5 Å². The molecule has 0 aliphatic rings. The van der Waals surface area contributed by atoms with E-state index < -0.39 is 0 Å². The molecule has 2 heterocycles. The van der Waals surface area contributed by atoms with E-state index in [2.05, 4.69) is 46.3 Å². The quantitative estimate of drug-likeness (QED) is 0.797. The average molecular weight is 264 g/mol. The van der Waals surface area contributed by atoms with Crippen LogP contribution in [0.2, 0.25) is 0 Å². The number of nitrogens with zero attached hydrogens (tertiary/aromatic N) is 4. The fourth-order valence-corrected chi connectivity index (χ4v) is 2.05. The molecule has 0 aliphatic carbocycles. The van der Waals surface area contributed by atoms with Crippen molar-refractivity contribution in [3.05, 3.63) is 22.6 Å². The number of aromatic amines is 1. The Morgan fingerprint density at radius 1 is 1.42 bits per heavy atom. The lowest BCUT2D eigenvalue weighted by atomic mass is 10.3. The van der Waals surface area contributed by atoms with Gasteiger partial charge in [0.1, 0.15) is 5.82 Å². The molecule has 2 aromatic heterocycles. The molecule has 1 atom stereocenters. The molecule has 7 heteroatoms. The van der Waals surface area contributed by atoms with E-state index in [4.69, 9.17) is 0 Å². The maximum atomic E-state index is 11.4. The SMILES string of the molecule is CCN(CC)CC(C)Nc1ccc2n[nH]c(=O)n2n1. The maximum Gasteiger partial charge on any atom is 0.364 e. The van der Waals surface area contributed by atoms with Crippen LogP contribution in [-0.4, -0.2) is 50.4 Å². The molecule has 0 radical (unpaired) electrons. The van der Waals surface area contributed by atoms with E-state index in [1.54, 1.807) is 6.07 Å². The summed E-state index contributed by atoms with van der Waals surface area (Å²) in [7, 11) is 0. The molecule has 0 fully saturated rings. The van der Waals surface area contributed by atoms with Gasteiger partial charge in [-0.1, -0.05) is 13.8 Å². The number of hydrogen-bond acceptors (Lipinski definition) is 5. The summed E-state index contributed by atoms with van der Waals surface area (Å²) in [6.07, 6.45) is 0. The molecule has 0 amide bonds. The first kappa shape index (κ1) is 13.5. The third-order valence-corrected chi connectivity index (χ3v) is 3.09. The molecule has 2 N–H and O–H groups in total. The largest absolute Gasteiger partial charge is 0.365 e. The Kier molecular flexibility index (Phi) is 4.16. The number of rotatable bonds is 6. The van der Waals surface area contributed by atoms with E-state index >= 15 is 0 Å². The lowest BCUT2D eigenvalue weighted by molar-refractivity contribution is 0.294. The molecule has 19 heavy (non-hydrogen) atoms. The van der Waals surface area contributed by atoms with Crippen molar-refractivity contribution in [2.24, 2.45) is 0 Å². The molecule has 0 saturated heterocycles. The highest BCUT2D eigenvalue weighted by molar-refractivity contribution is 5.43. The lowest BCUT2D eigenvalue weighted by Crippen LogP contribution is -2.35. The first-order valence-corrected chi connectivity index (χ1v) is 6.57. The Morgan fingerprint density at radius 2 is 2.16 bits per heavy atom. The second kappa shape index (κ2) is 5.83. The third-order valence-electron chi connectivity index (χ3n) is 3.09. The van der Waals surface area contributed by atoms with Crippen molar-refractivity contribution in [2.45, 2.75) is 26.8 Å². The van der Waals surface area contributed by atoms with Crippen LogP contribution in [0.25, 0.3) is 5.65 Å². The monoisotopic (exact) mass is 264 g/mol. The van der Waals surface area contributed by atoms with Gasteiger partial charge in [-0.05, 0) is 32.1 Å². The molecule has 0 aromatic carbocycles. The van der Waals surface area contributed by atoms with Gasteiger partial charge in [0.2, 0.25) is 0 Å². The summed E-state index contributed by atoms with van der Waals surface area (Å²) in [5, 5.41) is 13.7. The highest BCUT2D eigenvalue weighted by atomic mass is 16.2. The van der Waals surface area contributed by atoms with Gasteiger partial charge in [-0.15, -0.1) is 5.10 Å². The number of likely N-dealkylation sites (N-methyl/N-ethyl adjacent to an activating group) is 1. The van der Waals surface area contributed by atoms with Crippen molar-refractivity contribution in [1.82, 2.24) is 24.7 Å². The Morgan fingerprint density at radius 3 is 2.84 bits per heavy atom. The van der Waals surface area contributed by atoms with E-state index in [-0.39, 0.29) is 11.7 Å². The summed E-state index contributed by atoms with van der Waals surface area (Å²) < 4.78 is 1.26. The molecule has 0 spiro atoms. The predicted molar refractivity (Wildman–Crippen MR) is 74.5 cm³/mol. The topological polar surface area (TPSA) is 78.3 Å². The van der Waals surface area contributed by atoms with Gasteiger partial charge in [0.25, 0.3) is 0 Å². The van der Waals surface area contributed by atoms with Gasteiger partial charge in [-0.3, -0.25) is 0 Å². The first-order valence-electron chi connectivity index (χ1n) is 6.57. The van der Waals surface area contributed by atoms with Crippen LogP contribution in [-0.2, 0) is 0 Å². The van der Waals surface area contributed by atoms with Crippen molar-refractivity contribution in [3.8, 4) is 0 Å². The Labute approximate surface area is 111 Å². The van der Waals surface area contributed by atoms with Crippen LogP contribution >= 0.6 is 0 Å².